The zero-order chi connectivity index (χ0) is 17.2. The topological polar surface area (TPSA) is 59.9 Å². The van der Waals surface area contributed by atoms with Crippen molar-refractivity contribution in [3.05, 3.63) is 59.7 Å². The Kier molecular flexibility index (Phi) is 4.28. The summed E-state index contributed by atoms with van der Waals surface area (Å²) in [6, 6.07) is 16.4. The van der Waals surface area contributed by atoms with Gasteiger partial charge in [-0.25, -0.2) is 0 Å². The lowest BCUT2D eigenvalue weighted by molar-refractivity contribution is 0.225. The third kappa shape index (κ3) is 3.05. The number of nitrogens with one attached hydrogen (secondary N) is 1. The van der Waals surface area contributed by atoms with Crippen molar-refractivity contribution in [2.45, 2.75) is 24.7 Å². The van der Waals surface area contributed by atoms with Crippen molar-refractivity contribution in [1.82, 2.24) is 15.2 Å². The maximum atomic E-state index is 6.20. The van der Waals surface area contributed by atoms with Gasteiger partial charge >= 0.3 is 0 Å². The molecule has 0 saturated heterocycles. The van der Waals surface area contributed by atoms with Gasteiger partial charge in [0.05, 0.1) is 0 Å². The smallest absolute Gasteiger partial charge is 0.247 e. The van der Waals surface area contributed by atoms with Crippen LogP contribution in [0.5, 0.6) is 5.88 Å². The molecule has 3 aromatic rings. The molecule has 126 valence electrons. The number of anilines is 1. The summed E-state index contributed by atoms with van der Waals surface area (Å²) in [6.07, 6.45) is 2.60. The minimum absolute atomic E-state index is 0.334. The average molecular weight is 350 g/mol. The fourth-order valence-electron chi connectivity index (χ4n) is 2.81. The highest BCUT2D eigenvalue weighted by molar-refractivity contribution is 7.98. The van der Waals surface area contributed by atoms with Crippen LogP contribution in [0.1, 0.15) is 24.3 Å². The van der Waals surface area contributed by atoms with Gasteiger partial charge in [-0.1, -0.05) is 61.2 Å². The molecule has 1 aliphatic heterocycles. The van der Waals surface area contributed by atoms with Crippen LogP contribution in [0.4, 0.5) is 5.69 Å². The number of nitrogens with zero attached hydrogens (tertiary/aromatic N) is 3. The van der Waals surface area contributed by atoms with Gasteiger partial charge in [-0.05, 0) is 24.3 Å². The molecule has 0 radical (unpaired) electrons. The normalized spacial score (nSPS) is 15.4. The summed E-state index contributed by atoms with van der Waals surface area (Å²) in [5.41, 5.74) is 4.90. The number of hydrogen-bond donors (Lipinski definition) is 1. The summed E-state index contributed by atoms with van der Waals surface area (Å²) in [4.78, 5) is 4.53. The third-order valence-corrected chi connectivity index (χ3v) is 4.74. The van der Waals surface area contributed by atoms with E-state index in [1.165, 1.54) is 17.3 Å². The highest BCUT2D eigenvalue weighted by atomic mass is 32.2. The second-order valence-corrected chi connectivity index (χ2v) is 6.51. The van der Waals surface area contributed by atoms with Crippen LogP contribution in [0, 0.1) is 0 Å². The first-order valence-corrected chi connectivity index (χ1v) is 9.41. The predicted molar refractivity (Wildman–Crippen MR) is 99.9 cm³/mol. The summed E-state index contributed by atoms with van der Waals surface area (Å²) in [5, 5.41) is 12.6. The first-order chi connectivity index (χ1) is 12.3. The lowest BCUT2D eigenvalue weighted by atomic mass is 10.1. The SMILES string of the molecule is CCc1ccc([C@H]2Nc3ccccc3-c3nnc(SC)nc3O2)cc1. The van der Waals surface area contributed by atoms with E-state index >= 15 is 0 Å². The van der Waals surface area contributed by atoms with Gasteiger partial charge in [-0.15, -0.1) is 10.2 Å². The Labute approximate surface area is 150 Å². The number of aromatic nitrogens is 3. The minimum atomic E-state index is -0.334. The van der Waals surface area contributed by atoms with Gasteiger partial charge in [0, 0.05) is 16.8 Å². The minimum Gasteiger partial charge on any atom is -0.448 e. The largest absolute Gasteiger partial charge is 0.448 e. The van der Waals surface area contributed by atoms with Crippen molar-refractivity contribution in [3.63, 3.8) is 0 Å². The Morgan fingerprint density at radius 3 is 2.64 bits per heavy atom. The molecule has 1 aromatic heterocycles. The van der Waals surface area contributed by atoms with Crippen LogP contribution in [0.3, 0.4) is 0 Å². The molecule has 0 unspecified atom stereocenters. The zero-order valence-electron chi connectivity index (χ0n) is 14.1. The molecule has 0 bridgehead atoms. The van der Waals surface area contributed by atoms with Gasteiger partial charge in [0.2, 0.25) is 11.0 Å². The number of benzene rings is 2. The lowest BCUT2D eigenvalue weighted by Gasteiger charge is -2.19. The number of thioether (sulfide) groups is 1. The fraction of sp³-hybridized carbons (Fsp3) is 0.211. The molecule has 5 nitrogen and oxygen atoms in total. The molecule has 6 heteroatoms. The van der Waals surface area contributed by atoms with Crippen molar-refractivity contribution < 1.29 is 4.74 Å². The van der Waals surface area contributed by atoms with Crippen LogP contribution >= 0.6 is 11.8 Å². The van der Waals surface area contributed by atoms with Crippen LogP contribution in [-0.2, 0) is 6.42 Å². The molecule has 1 aliphatic rings. The van der Waals surface area contributed by atoms with E-state index in [0.717, 1.165) is 23.2 Å². The second-order valence-electron chi connectivity index (χ2n) is 5.74. The van der Waals surface area contributed by atoms with E-state index in [4.69, 9.17) is 4.74 Å². The fourth-order valence-corrected chi connectivity index (χ4v) is 3.11. The standard InChI is InChI=1S/C19H18N4OS/c1-3-12-8-10-13(11-9-12)17-20-15-7-5-4-6-14(15)16-18(24-17)21-19(25-2)23-22-16/h4-11,17,20H,3H2,1-2H3/t17-/m0/s1. The van der Waals surface area contributed by atoms with Crippen molar-refractivity contribution in [2.24, 2.45) is 0 Å². The Morgan fingerprint density at radius 1 is 1.08 bits per heavy atom. The van der Waals surface area contributed by atoms with Gasteiger partial charge in [0.15, 0.2) is 11.9 Å². The number of aryl methyl sites for hydroxylation is 1. The summed E-state index contributed by atoms with van der Waals surface area (Å²) in [5.74, 6) is 0.501. The van der Waals surface area contributed by atoms with E-state index in [0.29, 0.717) is 16.7 Å². The molecule has 2 aromatic carbocycles. The maximum Gasteiger partial charge on any atom is 0.247 e. The van der Waals surface area contributed by atoms with Gasteiger partial charge in [0.1, 0.15) is 0 Å². The molecule has 1 N–H and O–H groups in total. The van der Waals surface area contributed by atoms with Crippen molar-refractivity contribution in [1.29, 1.82) is 0 Å². The van der Waals surface area contributed by atoms with E-state index in [-0.39, 0.29) is 6.23 Å². The Morgan fingerprint density at radius 2 is 1.88 bits per heavy atom. The number of ether oxygens (including phenoxy) is 1. The van der Waals surface area contributed by atoms with Crippen molar-refractivity contribution >= 4 is 17.4 Å². The molecule has 2 heterocycles. The van der Waals surface area contributed by atoms with E-state index in [1.54, 1.807) is 0 Å². The Bertz CT molecular complexity index is 898. The lowest BCUT2D eigenvalue weighted by Crippen LogP contribution is -2.17. The predicted octanol–water partition coefficient (Wildman–Crippen LogP) is 4.33. The summed E-state index contributed by atoms with van der Waals surface area (Å²) in [6.45, 7) is 2.15. The number of fused-ring (bicyclic) bond motifs is 3. The number of para-hydroxylation sites is 1. The van der Waals surface area contributed by atoms with Crippen molar-refractivity contribution in [3.8, 4) is 17.1 Å². The maximum absolute atomic E-state index is 6.20. The van der Waals surface area contributed by atoms with Gasteiger partial charge in [0.25, 0.3) is 0 Å². The van der Waals surface area contributed by atoms with Crippen LogP contribution in [0.15, 0.2) is 53.7 Å². The molecule has 0 aliphatic carbocycles. The third-order valence-electron chi connectivity index (χ3n) is 4.21. The molecular weight excluding hydrogens is 332 g/mol. The monoisotopic (exact) mass is 350 g/mol. The van der Waals surface area contributed by atoms with Crippen LogP contribution < -0.4 is 10.1 Å². The second kappa shape index (κ2) is 6.72. The van der Waals surface area contributed by atoms with Gasteiger partial charge in [-0.2, -0.15) is 4.98 Å². The molecule has 0 fully saturated rings. The molecular formula is C19H18N4OS. The molecule has 0 saturated carbocycles. The molecule has 0 amide bonds. The quantitative estimate of drug-likeness (QED) is 0.710. The Balaban J connectivity index is 1.81. The average Bonchev–Trinajstić information content (AvgIpc) is 2.84. The van der Waals surface area contributed by atoms with E-state index in [2.05, 4.69) is 51.7 Å². The highest BCUT2D eigenvalue weighted by Gasteiger charge is 2.25. The van der Waals surface area contributed by atoms with Crippen LogP contribution in [-0.4, -0.2) is 21.4 Å². The molecule has 4 rings (SSSR count). The summed E-state index contributed by atoms with van der Waals surface area (Å²) < 4.78 is 6.20. The van der Waals surface area contributed by atoms with Crippen LogP contribution in [0.25, 0.3) is 11.3 Å². The summed E-state index contributed by atoms with van der Waals surface area (Å²) >= 11 is 1.45. The zero-order valence-corrected chi connectivity index (χ0v) is 14.9. The van der Waals surface area contributed by atoms with E-state index in [9.17, 15) is 0 Å². The first kappa shape index (κ1) is 15.9. The molecule has 25 heavy (non-hydrogen) atoms. The first-order valence-electron chi connectivity index (χ1n) is 8.18. The molecule has 1 atom stereocenters. The van der Waals surface area contributed by atoms with E-state index < -0.39 is 0 Å². The van der Waals surface area contributed by atoms with Gasteiger partial charge in [-0.3, -0.25) is 0 Å². The highest BCUT2D eigenvalue weighted by Crippen LogP contribution is 2.39. The summed E-state index contributed by atoms with van der Waals surface area (Å²) in [7, 11) is 0. The van der Waals surface area contributed by atoms with Crippen molar-refractivity contribution in [2.75, 3.05) is 11.6 Å². The Hall–Kier alpha value is -2.60. The van der Waals surface area contributed by atoms with Crippen LogP contribution in [0.2, 0.25) is 0 Å². The van der Waals surface area contributed by atoms with E-state index in [1.807, 2.05) is 30.5 Å². The number of hydrogen-bond acceptors (Lipinski definition) is 6. The number of rotatable bonds is 3. The molecule has 0 spiro atoms. The van der Waals surface area contributed by atoms with Gasteiger partial charge < -0.3 is 10.1 Å².